The predicted octanol–water partition coefficient (Wildman–Crippen LogP) is 1.35. The average Bonchev–Trinajstić information content (AvgIpc) is 3.20. The Morgan fingerprint density at radius 3 is 2.96 bits per heavy atom. The smallest absolute Gasteiger partial charge is 0.290 e. The van der Waals surface area contributed by atoms with Crippen LogP contribution < -0.4 is 10.2 Å². The highest BCUT2D eigenvalue weighted by Crippen LogP contribution is 2.42. The lowest BCUT2D eigenvalue weighted by molar-refractivity contribution is -0.858. The number of hydrogen-bond donors (Lipinski definition) is 2. The van der Waals surface area contributed by atoms with Gasteiger partial charge in [-0.3, -0.25) is 4.79 Å². The van der Waals surface area contributed by atoms with E-state index in [1.165, 1.54) is 28.2 Å². The van der Waals surface area contributed by atoms with E-state index in [4.69, 9.17) is 4.98 Å². The number of carbonyl (C=O) groups is 1. The summed E-state index contributed by atoms with van der Waals surface area (Å²) in [7, 11) is 4.21. The number of nitrogens with zero attached hydrogens (tertiary/aromatic N) is 4. The van der Waals surface area contributed by atoms with Gasteiger partial charge in [-0.2, -0.15) is 4.52 Å². The lowest BCUT2D eigenvalue weighted by Crippen LogP contribution is -3.05. The highest BCUT2D eigenvalue weighted by atomic mass is 32.1. The van der Waals surface area contributed by atoms with E-state index >= 15 is 0 Å². The van der Waals surface area contributed by atoms with E-state index in [1.807, 2.05) is 6.92 Å². The van der Waals surface area contributed by atoms with Gasteiger partial charge in [-0.1, -0.05) is 6.92 Å². The van der Waals surface area contributed by atoms with Gasteiger partial charge in [-0.05, 0) is 37.7 Å². The zero-order chi connectivity index (χ0) is 19.1. The number of fused-ring (bicyclic) bond motifs is 5. The van der Waals surface area contributed by atoms with Crippen LogP contribution in [0.25, 0.3) is 15.9 Å². The van der Waals surface area contributed by atoms with Crippen molar-refractivity contribution in [2.45, 2.75) is 45.4 Å². The van der Waals surface area contributed by atoms with Crippen molar-refractivity contribution in [1.82, 2.24) is 24.9 Å². The lowest BCUT2D eigenvalue weighted by Gasteiger charge is -2.18. The summed E-state index contributed by atoms with van der Waals surface area (Å²) in [5, 5.41) is 8.49. The minimum absolute atomic E-state index is 0.211. The maximum absolute atomic E-state index is 12.5. The van der Waals surface area contributed by atoms with Gasteiger partial charge in [-0.15, -0.1) is 16.4 Å². The van der Waals surface area contributed by atoms with Gasteiger partial charge in [0.25, 0.3) is 5.91 Å². The Morgan fingerprint density at radius 2 is 2.19 bits per heavy atom. The molecule has 4 rings (SSSR count). The topological polar surface area (TPSA) is 76.6 Å². The van der Waals surface area contributed by atoms with E-state index in [-0.39, 0.29) is 11.7 Å². The van der Waals surface area contributed by atoms with Crippen LogP contribution in [0.1, 0.15) is 59.0 Å². The molecule has 7 nitrogen and oxygen atoms in total. The Bertz CT molecular complexity index is 1000. The van der Waals surface area contributed by atoms with E-state index in [0.29, 0.717) is 12.5 Å². The summed E-state index contributed by atoms with van der Waals surface area (Å²) < 4.78 is 1.73. The number of rotatable bonds is 5. The van der Waals surface area contributed by atoms with Crippen LogP contribution in [0.4, 0.5) is 0 Å². The fraction of sp³-hybridized carbons (Fsp3) is 0.579. The molecule has 3 aromatic rings. The van der Waals surface area contributed by atoms with Crippen LogP contribution >= 0.6 is 11.3 Å². The Kier molecular flexibility index (Phi) is 4.86. The molecule has 0 aromatic carbocycles. The van der Waals surface area contributed by atoms with E-state index < -0.39 is 0 Å². The van der Waals surface area contributed by atoms with Crippen LogP contribution in [0.5, 0.6) is 0 Å². The minimum Gasteiger partial charge on any atom is -0.349 e. The molecule has 1 aliphatic rings. The number of carbonyl (C=O) groups excluding carboxylic acids is 1. The molecule has 0 spiro atoms. The van der Waals surface area contributed by atoms with Crippen LogP contribution in [0.2, 0.25) is 0 Å². The minimum atomic E-state index is -0.211. The van der Waals surface area contributed by atoms with E-state index in [9.17, 15) is 4.79 Å². The van der Waals surface area contributed by atoms with Crippen LogP contribution in [0.3, 0.4) is 0 Å². The molecular weight excluding hydrogens is 360 g/mol. The first-order valence-electron chi connectivity index (χ1n) is 9.71. The number of hydrogen-bond acceptors (Lipinski definition) is 5. The molecule has 144 valence electrons. The second-order valence-corrected chi connectivity index (χ2v) is 8.89. The third-order valence-electron chi connectivity index (χ3n) is 5.28. The number of aromatic nitrogens is 4. The maximum atomic E-state index is 12.5. The van der Waals surface area contributed by atoms with E-state index in [2.05, 4.69) is 36.4 Å². The zero-order valence-corrected chi connectivity index (χ0v) is 17.2. The van der Waals surface area contributed by atoms with E-state index in [1.54, 1.807) is 15.9 Å². The summed E-state index contributed by atoms with van der Waals surface area (Å²) in [5.74, 6) is 1.29. The standard InChI is InChI=1S/C19H26N6OS/c1-11-7-5-8-13-14(11)15-17-22-16(18(26)20-9-6-10-24(3)4)23-25(17)12(2)21-19(15)27-13/h11H,5-10H2,1-4H3,(H,20,26)/p+1/t11-/m0/s1. The highest BCUT2D eigenvalue weighted by Gasteiger charge is 2.26. The number of amides is 1. The first-order chi connectivity index (χ1) is 13.0. The summed E-state index contributed by atoms with van der Waals surface area (Å²) in [5.41, 5.74) is 2.14. The molecule has 0 saturated carbocycles. The SMILES string of the molecule is Cc1nc2sc3c(c2c2nc(C(=O)NCCC[NH+](C)C)nn12)[C@@H](C)CCC3. The van der Waals surface area contributed by atoms with Gasteiger partial charge in [0.15, 0.2) is 5.65 Å². The van der Waals surface area contributed by atoms with Crippen molar-refractivity contribution in [2.24, 2.45) is 0 Å². The summed E-state index contributed by atoms with van der Waals surface area (Å²) in [6, 6.07) is 0. The Morgan fingerprint density at radius 1 is 1.37 bits per heavy atom. The highest BCUT2D eigenvalue weighted by molar-refractivity contribution is 7.19. The molecule has 1 atom stereocenters. The normalized spacial score (nSPS) is 17.0. The molecule has 8 heteroatoms. The number of aryl methyl sites for hydroxylation is 2. The fourth-order valence-corrected chi connectivity index (χ4v) is 5.28. The largest absolute Gasteiger partial charge is 0.349 e. The molecule has 3 heterocycles. The molecule has 0 bridgehead atoms. The summed E-state index contributed by atoms with van der Waals surface area (Å²) >= 11 is 1.77. The molecule has 1 aliphatic carbocycles. The summed E-state index contributed by atoms with van der Waals surface area (Å²) in [6.07, 6.45) is 4.46. The predicted molar refractivity (Wildman–Crippen MR) is 107 cm³/mol. The molecular formula is C19H27N6OS+. The van der Waals surface area contributed by atoms with Crippen LogP contribution in [0.15, 0.2) is 0 Å². The zero-order valence-electron chi connectivity index (χ0n) is 16.4. The Labute approximate surface area is 162 Å². The van der Waals surface area contributed by atoms with Gasteiger partial charge in [0.2, 0.25) is 5.82 Å². The number of nitrogens with one attached hydrogen (secondary N) is 2. The first kappa shape index (κ1) is 18.3. The number of thiophene rings is 1. The van der Waals surface area contributed by atoms with Crippen LogP contribution in [0, 0.1) is 6.92 Å². The fourth-order valence-electron chi connectivity index (χ4n) is 3.91. The molecule has 0 aliphatic heterocycles. The van der Waals surface area contributed by atoms with Crippen molar-refractivity contribution in [3.8, 4) is 0 Å². The third-order valence-corrected chi connectivity index (χ3v) is 6.44. The molecule has 3 aromatic heterocycles. The maximum Gasteiger partial charge on any atom is 0.290 e. The van der Waals surface area contributed by atoms with Gasteiger partial charge in [0, 0.05) is 17.8 Å². The Hall–Kier alpha value is -2.06. The second-order valence-electron chi connectivity index (χ2n) is 7.81. The second kappa shape index (κ2) is 7.16. The van der Waals surface area contributed by atoms with Gasteiger partial charge in [-0.25, -0.2) is 9.97 Å². The molecule has 2 N–H and O–H groups in total. The van der Waals surface area contributed by atoms with E-state index in [0.717, 1.165) is 41.1 Å². The monoisotopic (exact) mass is 387 g/mol. The van der Waals surface area contributed by atoms with Crippen molar-refractivity contribution < 1.29 is 9.69 Å². The van der Waals surface area contributed by atoms with Crippen LogP contribution in [-0.2, 0) is 6.42 Å². The van der Waals surface area contributed by atoms with Gasteiger partial charge >= 0.3 is 0 Å². The molecule has 0 unspecified atom stereocenters. The van der Waals surface area contributed by atoms with Crippen molar-refractivity contribution in [3.05, 3.63) is 22.1 Å². The van der Waals surface area contributed by atoms with Crippen molar-refractivity contribution in [1.29, 1.82) is 0 Å². The summed E-state index contributed by atoms with van der Waals surface area (Å²) in [4.78, 5) is 25.7. The van der Waals surface area contributed by atoms with Crippen LogP contribution in [-0.4, -0.2) is 52.7 Å². The van der Waals surface area contributed by atoms with Crippen molar-refractivity contribution in [2.75, 3.05) is 27.2 Å². The van der Waals surface area contributed by atoms with Crippen molar-refractivity contribution >= 4 is 33.1 Å². The van der Waals surface area contributed by atoms with Gasteiger partial charge in [0.1, 0.15) is 10.7 Å². The molecule has 27 heavy (non-hydrogen) atoms. The first-order valence-corrected chi connectivity index (χ1v) is 10.5. The lowest BCUT2D eigenvalue weighted by atomic mass is 9.87. The third kappa shape index (κ3) is 3.32. The Balaban J connectivity index is 1.71. The molecule has 0 saturated heterocycles. The van der Waals surface area contributed by atoms with Gasteiger partial charge in [0.05, 0.1) is 26.0 Å². The van der Waals surface area contributed by atoms with Gasteiger partial charge < -0.3 is 10.2 Å². The quantitative estimate of drug-likeness (QED) is 0.648. The molecule has 0 fully saturated rings. The van der Waals surface area contributed by atoms with Crippen molar-refractivity contribution in [3.63, 3.8) is 0 Å². The summed E-state index contributed by atoms with van der Waals surface area (Å²) in [6.45, 7) is 5.85. The molecule has 1 amide bonds. The average molecular weight is 388 g/mol. The number of quaternary nitrogens is 1. The molecule has 0 radical (unpaired) electrons.